The third-order valence-electron chi connectivity index (χ3n) is 5.71. The lowest BCUT2D eigenvalue weighted by Crippen LogP contribution is -2.33. The largest absolute Gasteiger partial charge is 0.494 e. The monoisotopic (exact) mass is 378 g/mol. The van der Waals surface area contributed by atoms with Gasteiger partial charge in [0.05, 0.1) is 6.61 Å². The van der Waals surface area contributed by atoms with Crippen LogP contribution in [0.2, 0.25) is 0 Å². The Morgan fingerprint density at radius 2 is 1.50 bits per heavy atom. The quantitative estimate of drug-likeness (QED) is 0.620. The maximum Gasteiger partial charge on any atom is 0.148 e. The summed E-state index contributed by atoms with van der Waals surface area (Å²) in [5, 5.41) is 0. The summed E-state index contributed by atoms with van der Waals surface area (Å²) in [7, 11) is 0. The van der Waals surface area contributed by atoms with Crippen molar-refractivity contribution in [2.45, 2.75) is 58.8 Å². The van der Waals surface area contributed by atoms with Gasteiger partial charge in [-0.15, -0.1) is 0 Å². The van der Waals surface area contributed by atoms with Gasteiger partial charge < -0.3 is 4.74 Å². The molecule has 0 spiro atoms. The Morgan fingerprint density at radius 1 is 0.929 bits per heavy atom. The number of rotatable bonds is 7. The van der Waals surface area contributed by atoms with Gasteiger partial charge in [-0.1, -0.05) is 49.7 Å². The number of ether oxygens (including phenoxy) is 1. The third-order valence-corrected chi connectivity index (χ3v) is 5.71. The van der Waals surface area contributed by atoms with Crippen molar-refractivity contribution in [3.8, 4) is 5.75 Å². The van der Waals surface area contributed by atoms with Gasteiger partial charge in [0.25, 0.3) is 0 Å². The summed E-state index contributed by atoms with van der Waals surface area (Å²) in [5.41, 5.74) is 4.48. The maximum atomic E-state index is 13.0. The number of benzene rings is 2. The summed E-state index contributed by atoms with van der Waals surface area (Å²) in [4.78, 5) is 26.0. The van der Waals surface area contributed by atoms with Crippen molar-refractivity contribution in [2.24, 2.45) is 5.92 Å². The number of Topliss-reactive ketones (excluding diaryl/α,β-unsaturated/α-hetero) is 2. The minimum Gasteiger partial charge on any atom is -0.494 e. The van der Waals surface area contributed by atoms with Crippen LogP contribution in [0.3, 0.4) is 0 Å². The second kappa shape index (κ2) is 9.18. The molecular formula is C25H30O3. The van der Waals surface area contributed by atoms with Crippen molar-refractivity contribution in [1.29, 1.82) is 0 Å². The first-order valence-corrected chi connectivity index (χ1v) is 10.4. The summed E-state index contributed by atoms with van der Waals surface area (Å²) in [6, 6.07) is 13.9. The molecule has 148 valence electrons. The predicted octanol–water partition coefficient (Wildman–Crippen LogP) is 5.22. The molecule has 0 N–H and O–H groups in total. The molecule has 3 heteroatoms. The molecule has 0 heterocycles. The van der Waals surface area contributed by atoms with Crippen LogP contribution in [0.15, 0.2) is 42.5 Å². The summed E-state index contributed by atoms with van der Waals surface area (Å²) in [6.45, 7) is 6.80. The second-order valence-electron chi connectivity index (χ2n) is 7.79. The molecule has 1 fully saturated rings. The molecular weight excluding hydrogens is 348 g/mol. The van der Waals surface area contributed by atoms with Gasteiger partial charge >= 0.3 is 0 Å². The lowest BCUT2D eigenvalue weighted by molar-refractivity contribution is -0.133. The predicted molar refractivity (Wildman–Crippen MR) is 112 cm³/mol. The van der Waals surface area contributed by atoms with Crippen molar-refractivity contribution in [3.05, 3.63) is 64.7 Å². The zero-order chi connectivity index (χ0) is 20.1. The van der Waals surface area contributed by atoms with Crippen LogP contribution in [0.25, 0.3) is 0 Å². The second-order valence-corrected chi connectivity index (χ2v) is 7.79. The fraction of sp³-hybridized carbons (Fsp3) is 0.440. The van der Waals surface area contributed by atoms with Crippen LogP contribution >= 0.6 is 0 Å². The van der Waals surface area contributed by atoms with Crippen molar-refractivity contribution < 1.29 is 14.3 Å². The molecule has 1 aliphatic rings. The first-order chi connectivity index (χ1) is 13.5. The molecule has 0 aromatic heterocycles. The number of carbonyl (C=O) groups is 2. The van der Waals surface area contributed by atoms with Crippen molar-refractivity contribution in [1.82, 2.24) is 0 Å². The summed E-state index contributed by atoms with van der Waals surface area (Å²) >= 11 is 0. The van der Waals surface area contributed by atoms with Crippen LogP contribution in [0.5, 0.6) is 5.75 Å². The van der Waals surface area contributed by atoms with Gasteiger partial charge in [0.15, 0.2) is 0 Å². The van der Waals surface area contributed by atoms with Crippen molar-refractivity contribution in [2.75, 3.05) is 6.61 Å². The molecule has 2 aromatic rings. The van der Waals surface area contributed by atoms with E-state index in [9.17, 15) is 9.59 Å². The highest BCUT2D eigenvalue weighted by Gasteiger charge is 2.38. The normalized spacial score (nSPS) is 19.7. The molecule has 1 saturated carbocycles. The highest BCUT2D eigenvalue weighted by Crippen LogP contribution is 2.36. The maximum absolute atomic E-state index is 13.0. The Bertz CT molecular complexity index is 795. The summed E-state index contributed by atoms with van der Waals surface area (Å²) in [6.07, 6.45) is 3.35. The molecule has 3 nitrogen and oxygen atoms in total. The van der Waals surface area contributed by atoms with Gasteiger partial charge in [0.2, 0.25) is 0 Å². The minimum atomic E-state index is -0.572. The topological polar surface area (TPSA) is 43.4 Å². The average Bonchev–Trinajstić information content (AvgIpc) is 2.68. The molecule has 0 radical (unpaired) electrons. The molecule has 0 unspecified atom stereocenters. The first-order valence-electron chi connectivity index (χ1n) is 10.4. The highest BCUT2D eigenvalue weighted by molar-refractivity contribution is 6.10. The molecule has 0 bridgehead atoms. The number of hydrogen-bond donors (Lipinski definition) is 0. The van der Waals surface area contributed by atoms with Gasteiger partial charge in [-0.25, -0.2) is 0 Å². The van der Waals surface area contributed by atoms with Crippen LogP contribution in [0.1, 0.15) is 61.3 Å². The molecule has 0 saturated heterocycles. The third kappa shape index (κ3) is 4.52. The number of aryl methyl sites for hydroxylation is 3. The number of para-hydroxylation sites is 1. The number of ketones is 2. The minimum absolute atomic E-state index is 0.0780. The van der Waals surface area contributed by atoms with Gasteiger partial charge in [-0.3, -0.25) is 9.59 Å². The van der Waals surface area contributed by atoms with E-state index < -0.39 is 5.92 Å². The lowest BCUT2D eigenvalue weighted by atomic mass is 9.72. The van der Waals surface area contributed by atoms with Crippen molar-refractivity contribution in [3.63, 3.8) is 0 Å². The molecule has 0 atom stereocenters. The zero-order valence-electron chi connectivity index (χ0n) is 17.2. The standard InChI is InChI=1S/C25H30O3/c1-4-19-13-17(3)14-20(5-2)24(19)25-22(26)15-18(16-23(25)27)11-12-28-21-9-7-6-8-10-21/h6-10,13-14,18,25H,4-5,11-12,15-16H2,1-3H3. The Hall–Kier alpha value is -2.42. The van der Waals surface area contributed by atoms with Crippen LogP contribution in [-0.4, -0.2) is 18.2 Å². The summed E-state index contributed by atoms with van der Waals surface area (Å²) in [5.74, 6) is 0.495. The average molecular weight is 379 g/mol. The van der Waals surface area contributed by atoms with E-state index >= 15 is 0 Å². The van der Waals surface area contributed by atoms with Crippen LogP contribution in [0.4, 0.5) is 0 Å². The van der Waals surface area contributed by atoms with E-state index in [0.29, 0.717) is 19.4 Å². The van der Waals surface area contributed by atoms with Crippen LogP contribution in [-0.2, 0) is 22.4 Å². The van der Waals surface area contributed by atoms with E-state index in [1.165, 1.54) is 5.56 Å². The Balaban J connectivity index is 1.71. The van der Waals surface area contributed by atoms with E-state index in [0.717, 1.165) is 41.7 Å². The van der Waals surface area contributed by atoms with Gasteiger partial charge in [0, 0.05) is 12.8 Å². The van der Waals surface area contributed by atoms with Crippen LogP contribution in [0, 0.1) is 12.8 Å². The van der Waals surface area contributed by atoms with E-state index in [4.69, 9.17) is 4.74 Å². The first kappa shape index (κ1) is 20.3. The van der Waals surface area contributed by atoms with E-state index in [1.54, 1.807) is 0 Å². The molecule has 28 heavy (non-hydrogen) atoms. The number of carbonyl (C=O) groups excluding carboxylic acids is 2. The lowest BCUT2D eigenvalue weighted by Gasteiger charge is -2.29. The Labute approximate surface area is 168 Å². The van der Waals surface area contributed by atoms with E-state index in [2.05, 4.69) is 32.9 Å². The highest BCUT2D eigenvalue weighted by atomic mass is 16.5. The molecule has 1 aliphatic carbocycles. The summed E-state index contributed by atoms with van der Waals surface area (Å²) < 4.78 is 5.75. The van der Waals surface area contributed by atoms with Gasteiger partial charge in [0.1, 0.15) is 23.2 Å². The van der Waals surface area contributed by atoms with Gasteiger partial charge in [-0.05, 0) is 60.9 Å². The fourth-order valence-corrected chi connectivity index (χ4v) is 4.35. The Kier molecular flexibility index (Phi) is 6.66. The van der Waals surface area contributed by atoms with Crippen molar-refractivity contribution >= 4 is 11.6 Å². The molecule has 0 amide bonds. The fourth-order valence-electron chi connectivity index (χ4n) is 4.35. The number of hydrogen-bond acceptors (Lipinski definition) is 3. The van der Waals surface area contributed by atoms with E-state index in [1.807, 2.05) is 30.3 Å². The van der Waals surface area contributed by atoms with Crippen LogP contribution < -0.4 is 4.74 Å². The smallest absolute Gasteiger partial charge is 0.148 e. The van der Waals surface area contributed by atoms with Gasteiger partial charge in [-0.2, -0.15) is 0 Å². The Morgan fingerprint density at radius 3 is 2.04 bits per heavy atom. The molecule has 0 aliphatic heterocycles. The SMILES string of the molecule is CCc1cc(C)cc(CC)c1C1C(=O)CC(CCOc2ccccc2)CC1=O. The molecule has 2 aromatic carbocycles. The molecule has 3 rings (SSSR count). The van der Waals surface area contributed by atoms with E-state index in [-0.39, 0.29) is 17.5 Å². The zero-order valence-corrected chi connectivity index (χ0v) is 17.2.